The summed E-state index contributed by atoms with van der Waals surface area (Å²) in [6.07, 6.45) is 0.578. The minimum atomic E-state index is -3.01. The molecular formula is C17H21N3O4S. The Bertz CT molecular complexity index is 946. The molecular weight excluding hydrogens is 342 g/mol. The van der Waals surface area contributed by atoms with Crippen LogP contribution >= 0.6 is 0 Å². The Morgan fingerprint density at radius 1 is 1.20 bits per heavy atom. The highest BCUT2D eigenvalue weighted by atomic mass is 32.2. The number of carbonyl (C=O) groups excluding carboxylic acids is 2. The molecule has 134 valence electrons. The van der Waals surface area contributed by atoms with Crippen LogP contribution in [0.4, 0.5) is 0 Å². The molecule has 1 aromatic carbocycles. The maximum atomic E-state index is 12.2. The molecule has 3 N–H and O–H groups in total. The molecule has 0 aliphatic carbocycles. The Labute approximate surface area is 146 Å². The van der Waals surface area contributed by atoms with E-state index in [1.807, 2.05) is 26.0 Å². The molecule has 1 atom stereocenters. The second-order valence-corrected chi connectivity index (χ2v) is 8.93. The van der Waals surface area contributed by atoms with E-state index in [1.54, 1.807) is 6.07 Å². The van der Waals surface area contributed by atoms with Crippen LogP contribution in [0.3, 0.4) is 0 Å². The van der Waals surface area contributed by atoms with Crippen molar-refractivity contribution in [3.8, 4) is 0 Å². The summed E-state index contributed by atoms with van der Waals surface area (Å²) < 4.78 is 22.8. The number of amides is 2. The number of hydrogen-bond acceptors (Lipinski definition) is 4. The van der Waals surface area contributed by atoms with Gasteiger partial charge in [-0.25, -0.2) is 8.42 Å². The summed E-state index contributed by atoms with van der Waals surface area (Å²) in [6, 6.07) is 5.74. The molecule has 2 aromatic rings. The first-order chi connectivity index (χ1) is 11.7. The van der Waals surface area contributed by atoms with Gasteiger partial charge in [0.1, 0.15) is 5.69 Å². The zero-order valence-corrected chi connectivity index (χ0v) is 15.0. The lowest BCUT2D eigenvalue weighted by Gasteiger charge is -2.09. The number of nitrogens with one attached hydrogen (secondary N) is 3. The average molecular weight is 363 g/mol. The van der Waals surface area contributed by atoms with Crippen LogP contribution < -0.4 is 10.9 Å². The van der Waals surface area contributed by atoms with E-state index in [-0.39, 0.29) is 23.8 Å². The minimum Gasteiger partial charge on any atom is -0.350 e. The maximum absolute atomic E-state index is 12.2. The van der Waals surface area contributed by atoms with E-state index >= 15 is 0 Å². The minimum absolute atomic E-state index is 0.0367. The van der Waals surface area contributed by atoms with E-state index in [0.29, 0.717) is 12.1 Å². The number of fused-ring (bicyclic) bond motifs is 1. The monoisotopic (exact) mass is 363 g/mol. The molecule has 0 radical (unpaired) electrons. The Hall–Kier alpha value is -2.35. The van der Waals surface area contributed by atoms with Crippen LogP contribution in [-0.2, 0) is 14.6 Å². The van der Waals surface area contributed by atoms with Gasteiger partial charge in [0.05, 0.1) is 11.5 Å². The predicted octanol–water partition coefficient (Wildman–Crippen LogP) is 1.37. The third-order valence-electron chi connectivity index (χ3n) is 4.45. The van der Waals surface area contributed by atoms with Gasteiger partial charge in [0, 0.05) is 17.3 Å². The largest absolute Gasteiger partial charge is 0.350 e. The van der Waals surface area contributed by atoms with E-state index in [4.69, 9.17) is 0 Å². The molecule has 3 rings (SSSR count). The van der Waals surface area contributed by atoms with Gasteiger partial charge in [-0.05, 0) is 49.4 Å². The first-order valence-electron chi connectivity index (χ1n) is 8.13. The van der Waals surface area contributed by atoms with Crippen LogP contribution in [0.5, 0.6) is 0 Å². The van der Waals surface area contributed by atoms with E-state index in [0.717, 1.165) is 22.0 Å². The zero-order valence-electron chi connectivity index (χ0n) is 14.2. The molecule has 7 nitrogen and oxygen atoms in total. The van der Waals surface area contributed by atoms with E-state index in [1.165, 1.54) is 0 Å². The van der Waals surface area contributed by atoms with Crippen LogP contribution in [0.2, 0.25) is 0 Å². The van der Waals surface area contributed by atoms with Gasteiger partial charge in [0.25, 0.3) is 5.91 Å². The summed E-state index contributed by atoms with van der Waals surface area (Å²) in [6.45, 7) is 3.96. The van der Waals surface area contributed by atoms with Crippen LogP contribution in [-0.4, -0.2) is 36.7 Å². The SMILES string of the molecule is Cc1cc(C)c2cc(C(=O)NNC(=O)CC3CCS(=O)(=O)C3)[nH]c2c1. The lowest BCUT2D eigenvalue weighted by Crippen LogP contribution is -2.42. The number of benzene rings is 1. The number of aryl methyl sites for hydroxylation is 2. The first-order valence-corrected chi connectivity index (χ1v) is 9.95. The zero-order chi connectivity index (χ0) is 18.2. The van der Waals surface area contributed by atoms with Crippen LogP contribution in [0, 0.1) is 19.8 Å². The summed E-state index contributed by atoms with van der Waals surface area (Å²) in [7, 11) is -3.01. The second kappa shape index (κ2) is 6.51. The summed E-state index contributed by atoms with van der Waals surface area (Å²) in [5, 5.41) is 0.957. The average Bonchev–Trinajstić information content (AvgIpc) is 3.08. The molecule has 0 saturated carbocycles. The number of carbonyl (C=O) groups is 2. The summed E-state index contributed by atoms with van der Waals surface area (Å²) in [5.41, 5.74) is 8.10. The third-order valence-corrected chi connectivity index (χ3v) is 6.29. The fraction of sp³-hybridized carbons (Fsp3) is 0.412. The van der Waals surface area contributed by atoms with Gasteiger partial charge >= 0.3 is 0 Å². The molecule has 1 aliphatic rings. The van der Waals surface area contributed by atoms with Crippen LogP contribution in [0.15, 0.2) is 18.2 Å². The van der Waals surface area contributed by atoms with Crippen molar-refractivity contribution in [3.05, 3.63) is 35.0 Å². The smallest absolute Gasteiger partial charge is 0.286 e. The molecule has 0 bridgehead atoms. The van der Waals surface area contributed by atoms with Crippen molar-refractivity contribution in [1.29, 1.82) is 0 Å². The standard InChI is InChI=1S/C17H21N3O4S/c1-10-5-11(2)13-8-15(18-14(13)6-10)17(22)20-19-16(21)7-12-3-4-25(23,24)9-12/h5-6,8,12,18H,3-4,7,9H2,1-2H3,(H,19,21)(H,20,22). The highest BCUT2D eigenvalue weighted by molar-refractivity contribution is 7.91. The lowest BCUT2D eigenvalue weighted by molar-refractivity contribution is -0.122. The van der Waals surface area contributed by atoms with Gasteiger partial charge in [0.15, 0.2) is 9.84 Å². The highest BCUT2D eigenvalue weighted by Gasteiger charge is 2.29. The van der Waals surface area contributed by atoms with Gasteiger partial charge < -0.3 is 4.98 Å². The van der Waals surface area contributed by atoms with E-state index < -0.39 is 21.7 Å². The van der Waals surface area contributed by atoms with Gasteiger partial charge in [-0.15, -0.1) is 0 Å². The Morgan fingerprint density at radius 2 is 1.96 bits per heavy atom. The summed E-state index contributed by atoms with van der Waals surface area (Å²) in [5.74, 6) is -0.847. The molecule has 0 spiro atoms. The normalized spacial score (nSPS) is 19.0. The fourth-order valence-corrected chi connectivity index (χ4v) is 5.12. The molecule has 2 amide bonds. The summed E-state index contributed by atoms with van der Waals surface area (Å²) in [4.78, 5) is 27.1. The predicted molar refractivity (Wildman–Crippen MR) is 94.8 cm³/mol. The Morgan fingerprint density at radius 3 is 2.64 bits per heavy atom. The third kappa shape index (κ3) is 4.01. The highest BCUT2D eigenvalue weighted by Crippen LogP contribution is 2.22. The topological polar surface area (TPSA) is 108 Å². The molecule has 2 heterocycles. The van der Waals surface area contributed by atoms with Crippen molar-refractivity contribution in [2.75, 3.05) is 11.5 Å². The van der Waals surface area contributed by atoms with Crippen molar-refractivity contribution in [1.82, 2.24) is 15.8 Å². The molecule has 8 heteroatoms. The Balaban J connectivity index is 1.59. The van der Waals surface area contributed by atoms with Crippen LogP contribution in [0.1, 0.15) is 34.5 Å². The molecule has 1 aliphatic heterocycles. The quantitative estimate of drug-likeness (QED) is 0.716. The van der Waals surface area contributed by atoms with E-state index in [2.05, 4.69) is 15.8 Å². The molecule has 25 heavy (non-hydrogen) atoms. The number of hydrazine groups is 1. The van der Waals surface area contributed by atoms with Crippen molar-refractivity contribution < 1.29 is 18.0 Å². The first kappa shape index (κ1) is 17.5. The van der Waals surface area contributed by atoms with Gasteiger partial charge in [-0.2, -0.15) is 0 Å². The maximum Gasteiger partial charge on any atom is 0.286 e. The molecule has 1 unspecified atom stereocenters. The van der Waals surface area contributed by atoms with Crippen molar-refractivity contribution in [2.45, 2.75) is 26.7 Å². The molecule has 1 saturated heterocycles. The Kier molecular flexibility index (Phi) is 4.55. The summed E-state index contributed by atoms with van der Waals surface area (Å²) >= 11 is 0. The van der Waals surface area contributed by atoms with Gasteiger partial charge in [0.2, 0.25) is 5.91 Å². The number of sulfone groups is 1. The van der Waals surface area contributed by atoms with Crippen LogP contribution in [0.25, 0.3) is 10.9 Å². The molecule has 1 aromatic heterocycles. The number of rotatable bonds is 3. The molecule has 1 fully saturated rings. The second-order valence-electron chi connectivity index (χ2n) is 6.70. The number of aromatic nitrogens is 1. The van der Waals surface area contributed by atoms with Crippen molar-refractivity contribution in [2.24, 2.45) is 5.92 Å². The van der Waals surface area contributed by atoms with Crippen molar-refractivity contribution >= 4 is 32.6 Å². The number of hydrogen-bond donors (Lipinski definition) is 3. The number of aromatic amines is 1. The lowest BCUT2D eigenvalue weighted by atomic mass is 10.1. The van der Waals surface area contributed by atoms with Gasteiger partial charge in [-0.3, -0.25) is 20.4 Å². The van der Waals surface area contributed by atoms with Crippen molar-refractivity contribution in [3.63, 3.8) is 0 Å². The van der Waals surface area contributed by atoms with Gasteiger partial charge in [-0.1, -0.05) is 6.07 Å². The number of H-pyrrole nitrogens is 1. The fourth-order valence-electron chi connectivity index (χ4n) is 3.26. The van der Waals surface area contributed by atoms with E-state index in [9.17, 15) is 18.0 Å².